The molecule has 4 aliphatic heterocycles. The van der Waals surface area contributed by atoms with Gasteiger partial charge in [0.25, 0.3) is 0 Å². The SMILES string of the molecule is CC(=O)OCC1OC(OC2C(COC(C)=O)OC(OC3C(CBr)OC(OC4C(COC(C)=O)OC(OC(C)=O)C(OC(C)=O)C4OC(C)=O)C(OC(C)=O)C3OC(C)=O)C(OC(C)=O)C2OC(C)=O)C(OC(C)=O)C(OC(C)=O)C1N=[N+]=[N-]. The Labute approximate surface area is 480 Å². The second kappa shape index (κ2) is 31.7. The summed E-state index contributed by atoms with van der Waals surface area (Å²) in [5.74, 6) is -12.1. The van der Waals surface area contributed by atoms with Crippen molar-refractivity contribution in [1.82, 2.24) is 0 Å². The van der Waals surface area contributed by atoms with E-state index in [1.54, 1.807) is 0 Å². The predicted octanol–water partition coefficient (Wildman–Crippen LogP) is -0.179. The Hall–Kier alpha value is -6.85. The van der Waals surface area contributed by atoms with Crippen molar-refractivity contribution in [3.63, 3.8) is 0 Å². The number of azide groups is 1. The van der Waals surface area contributed by atoms with Crippen LogP contribution in [0.1, 0.15) is 83.1 Å². The number of halogens is 1. The van der Waals surface area contributed by atoms with Crippen molar-refractivity contribution >= 4 is 87.6 Å². The largest absolute Gasteiger partial charge is 0.463 e. The summed E-state index contributed by atoms with van der Waals surface area (Å²) in [4.78, 5) is 155. The summed E-state index contributed by atoms with van der Waals surface area (Å²) in [5.41, 5.74) is 9.56. The molecular weight excluding hydrogens is 1190 g/mol. The molecule has 83 heavy (non-hydrogen) atoms. The van der Waals surface area contributed by atoms with Gasteiger partial charge in [0.2, 0.25) is 12.4 Å². The summed E-state index contributed by atoms with van der Waals surface area (Å²) in [6, 6.07) is -1.60. The predicted molar refractivity (Wildman–Crippen MR) is 262 cm³/mol. The molecule has 0 aromatic heterocycles. The molecule has 0 radical (unpaired) electrons. The number of hydrogen-bond donors (Lipinski definition) is 0. The van der Waals surface area contributed by atoms with E-state index in [9.17, 15) is 63.1 Å². The molecule has 0 aromatic rings. The summed E-state index contributed by atoms with van der Waals surface area (Å²) in [6.07, 6.45) is -35.2. The number of rotatable bonds is 23. The molecule has 0 aromatic carbocycles. The molecule has 4 heterocycles. The van der Waals surface area contributed by atoms with Crippen LogP contribution >= 0.6 is 15.9 Å². The Morgan fingerprint density at radius 1 is 0.337 bits per heavy atom. The van der Waals surface area contributed by atoms with Crippen molar-refractivity contribution in [2.75, 3.05) is 25.2 Å². The molecule has 464 valence electrons. The lowest BCUT2D eigenvalue weighted by Gasteiger charge is -2.51. The van der Waals surface area contributed by atoms with Crippen LogP contribution in [0, 0.1) is 0 Å². The van der Waals surface area contributed by atoms with Crippen molar-refractivity contribution in [1.29, 1.82) is 0 Å². The minimum Gasteiger partial charge on any atom is -0.463 e. The maximum atomic E-state index is 13.2. The van der Waals surface area contributed by atoms with Crippen LogP contribution in [0.15, 0.2) is 5.11 Å². The fraction of sp³-hybridized carbons (Fsp3) is 0.750. The molecule has 0 aliphatic carbocycles. The fourth-order valence-corrected chi connectivity index (χ4v) is 9.49. The highest BCUT2D eigenvalue weighted by Gasteiger charge is 2.61. The number of alkyl halides is 1. The molecule has 0 spiro atoms. The van der Waals surface area contributed by atoms with Gasteiger partial charge in [0.05, 0.1) is 0 Å². The molecule has 4 rings (SSSR count). The molecule has 20 atom stereocenters. The van der Waals surface area contributed by atoms with E-state index in [1.165, 1.54) is 0 Å². The van der Waals surface area contributed by atoms with Crippen molar-refractivity contribution in [3.8, 4) is 0 Å². The van der Waals surface area contributed by atoms with Crippen LogP contribution in [0.5, 0.6) is 0 Å². The zero-order valence-corrected chi connectivity index (χ0v) is 48.3. The van der Waals surface area contributed by atoms with E-state index in [-0.39, 0.29) is 5.33 Å². The molecule has 35 heteroatoms. The number of carbonyl (C=O) groups excluding carboxylic acids is 12. The molecule has 0 saturated carbocycles. The Kier molecular flexibility index (Phi) is 26.2. The smallest absolute Gasteiger partial charge is 0.305 e. The van der Waals surface area contributed by atoms with E-state index >= 15 is 0 Å². The Bertz CT molecular complexity index is 2440. The zero-order valence-electron chi connectivity index (χ0n) is 46.8. The maximum absolute atomic E-state index is 13.2. The summed E-state index contributed by atoms with van der Waals surface area (Å²) in [5, 5.41) is 3.31. The van der Waals surface area contributed by atoms with E-state index in [2.05, 4.69) is 26.0 Å². The Morgan fingerprint density at radius 3 is 0.904 bits per heavy atom. The van der Waals surface area contributed by atoms with Gasteiger partial charge in [0.1, 0.15) is 68.6 Å². The topological polar surface area (TPSA) is 429 Å². The van der Waals surface area contributed by atoms with Gasteiger partial charge < -0.3 is 90.0 Å². The first-order valence-electron chi connectivity index (χ1n) is 25.1. The Morgan fingerprint density at radius 2 is 0.590 bits per heavy atom. The van der Waals surface area contributed by atoms with Crippen LogP contribution in [0.25, 0.3) is 10.4 Å². The summed E-state index contributed by atoms with van der Waals surface area (Å²) < 4.78 is 110. The van der Waals surface area contributed by atoms with Crippen molar-refractivity contribution in [2.45, 2.75) is 206 Å². The highest BCUT2D eigenvalue weighted by molar-refractivity contribution is 9.09. The first-order chi connectivity index (χ1) is 38.9. The zero-order chi connectivity index (χ0) is 62.2. The molecule has 34 nitrogen and oxygen atoms in total. The van der Waals surface area contributed by atoms with Gasteiger partial charge in [-0.15, -0.1) is 0 Å². The quantitative estimate of drug-likeness (QED) is 0.0320. The van der Waals surface area contributed by atoms with Crippen LogP contribution < -0.4 is 0 Å². The minimum atomic E-state index is -2.10. The average Bonchev–Trinajstić information content (AvgIpc) is 3.40. The lowest BCUT2D eigenvalue weighted by atomic mass is 9.94. The summed E-state index contributed by atoms with van der Waals surface area (Å²) in [7, 11) is 0. The maximum Gasteiger partial charge on any atom is 0.305 e. The normalized spacial score (nSPS) is 32.9. The van der Waals surface area contributed by atoms with Crippen LogP contribution in [-0.4, -0.2) is 220 Å². The second-order valence-electron chi connectivity index (χ2n) is 18.4. The van der Waals surface area contributed by atoms with Gasteiger partial charge in [-0.25, -0.2) is 0 Å². The van der Waals surface area contributed by atoms with Gasteiger partial charge in [-0.1, -0.05) is 21.0 Å². The van der Waals surface area contributed by atoms with E-state index < -0.39 is 214 Å². The van der Waals surface area contributed by atoms with Gasteiger partial charge >= 0.3 is 71.6 Å². The second-order valence-corrected chi connectivity index (χ2v) is 19.1. The Balaban J connectivity index is 1.93. The minimum absolute atomic E-state index is 0.343. The van der Waals surface area contributed by atoms with Gasteiger partial charge in [0, 0.05) is 93.3 Å². The molecule has 4 fully saturated rings. The highest BCUT2D eigenvalue weighted by atomic mass is 79.9. The number of carbonyl (C=O) groups is 12. The average molecular weight is 1260 g/mol. The van der Waals surface area contributed by atoms with Crippen molar-refractivity contribution in [3.05, 3.63) is 10.4 Å². The summed E-state index contributed by atoms with van der Waals surface area (Å²) in [6.45, 7) is 9.29. The first-order valence-corrected chi connectivity index (χ1v) is 26.2. The molecule has 4 saturated heterocycles. The van der Waals surface area contributed by atoms with Gasteiger partial charge in [-0.3, -0.25) is 57.5 Å². The molecule has 20 unspecified atom stereocenters. The number of hydrogen-bond acceptors (Lipinski definition) is 32. The van der Waals surface area contributed by atoms with Crippen molar-refractivity contribution in [2.24, 2.45) is 5.11 Å². The fourth-order valence-electron chi connectivity index (χ4n) is 8.97. The van der Waals surface area contributed by atoms with E-state index in [1.807, 2.05) is 0 Å². The monoisotopic (exact) mass is 1260 g/mol. The number of nitrogens with zero attached hydrogens (tertiary/aromatic N) is 3. The third-order valence-electron chi connectivity index (χ3n) is 11.7. The first kappa shape index (κ1) is 68.6. The van der Waals surface area contributed by atoms with Gasteiger partial charge in [-0.05, 0) is 5.53 Å². The number of ether oxygens (including phenoxy) is 19. The molecule has 0 N–H and O–H groups in total. The van der Waals surface area contributed by atoms with Crippen LogP contribution in [-0.2, 0) is 148 Å². The standard InChI is InChI=1S/C48H64BrN3O31/c1-17(53)65-14-30-33(51-52-50)37(68-20(4)56)41(72-24(8)60)46(78-30)82-36-32(16-67-19(3)55)80-48(44(75-27(11)63)40(36)71-23(7)59)81-34-29(13-49)77-47(43(74-26(10)62)38(34)69-21(5)57)83-35-31(15-66-18(2)54)79-45(76-28(12)64)42(73-25(9)61)39(35)70-22(6)58/h29-48H,13-16H2,1-12H3. The van der Waals surface area contributed by atoms with E-state index in [0.29, 0.717) is 0 Å². The van der Waals surface area contributed by atoms with Crippen LogP contribution in [0.2, 0.25) is 0 Å². The molecule has 4 aliphatic rings. The molecular formula is C48H64BrN3O31. The lowest BCUT2D eigenvalue weighted by Crippen LogP contribution is -2.69. The molecule has 0 bridgehead atoms. The highest BCUT2D eigenvalue weighted by Crippen LogP contribution is 2.40. The third-order valence-corrected chi connectivity index (χ3v) is 12.3. The van der Waals surface area contributed by atoms with Crippen LogP contribution in [0.4, 0.5) is 0 Å². The summed E-state index contributed by atoms with van der Waals surface area (Å²) >= 11 is 3.32. The number of esters is 12. The van der Waals surface area contributed by atoms with E-state index in [4.69, 9.17) is 90.0 Å². The van der Waals surface area contributed by atoms with Gasteiger partial charge in [0.15, 0.2) is 61.6 Å². The molecule has 0 amide bonds. The van der Waals surface area contributed by atoms with Gasteiger partial charge in [-0.2, -0.15) is 0 Å². The van der Waals surface area contributed by atoms with Crippen molar-refractivity contribution < 1.29 is 148 Å². The van der Waals surface area contributed by atoms with E-state index in [0.717, 1.165) is 83.1 Å². The third kappa shape index (κ3) is 20.2. The lowest BCUT2D eigenvalue weighted by molar-refractivity contribution is -0.383. The van der Waals surface area contributed by atoms with Crippen LogP contribution in [0.3, 0.4) is 0 Å².